The zero-order chi connectivity index (χ0) is 22.2. The number of hydrogen-bond donors (Lipinski definition) is 1. The maximum Gasteiger partial charge on any atom is 0.286 e. The zero-order valence-corrected chi connectivity index (χ0v) is 19.4. The normalized spacial score (nSPS) is 17.1. The van der Waals surface area contributed by atoms with E-state index in [2.05, 4.69) is 15.5 Å². The summed E-state index contributed by atoms with van der Waals surface area (Å²) in [5.74, 6) is -0.396. The van der Waals surface area contributed by atoms with Crippen LogP contribution in [0.1, 0.15) is 44.8 Å². The number of nitrogens with one attached hydrogen (secondary N) is 1. The van der Waals surface area contributed by atoms with Crippen molar-refractivity contribution in [2.24, 2.45) is 0 Å². The predicted octanol–water partition coefficient (Wildman–Crippen LogP) is 4.59. The Labute approximate surface area is 190 Å². The molecule has 1 atom stereocenters. The average molecular weight is 477 g/mol. The maximum absolute atomic E-state index is 13.4. The minimum atomic E-state index is -3.69. The molecule has 1 aliphatic heterocycles. The highest BCUT2D eigenvalue weighted by Crippen LogP contribution is 2.38. The summed E-state index contributed by atoms with van der Waals surface area (Å²) >= 11 is 6.98. The molecule has 10 heteroatoms. The number of rotatable bonds is 5. The second kappa shape index (κ2) is 8.66. The van der Waals surface area contributed by atoms with Crippen LogP contribution in [0.15, 0.2) is 47.4 Å². The van der Waals surface area contributed by atoms with Crippen LogP contribution in [0.3, 0.4) is 0 Å². The van der Waals surface area contributed by atoms with Gasteiger partial charge in [-0.15, -0.1) is 10.2 Å². The van der Waals surface area contributed by atoms with Crippen molar-refractivity contribution < 1.29 is 13.2 Å². The third kappa shape index (κ3) is 4.50. The number of carbonyl (C=O) groups excluding carboxylic acids is 1. The molecule has 1 saturated heterocycles. The molecule has 1 fully saturated rings. The molecule has 1 aromatic heterocycles. The first-order chi connectivity index (χ1) is 14.8. The van der Waals surface area contributed by atoms with Gasteiger partial charge in [0.25, 0.3) is 5.91 Å². The van der Waals surface area contributed by atoms with Gasteiger partial charge in [0.1, 0.15) is 5.01 Å². The fourth-order valence-electron chi connectivity index (χ4n) is 3.67. The highest BCUT2D eigenvalue weighted by molar-refractivity contribution is 7.89. The van der Waals surface area contributed by atoms with Crippen LogP contribution in [0.2, 0.25) is 5.02 Å². The van der Waals surface area contributed by atoms with Gasteiger partial charge in [-0.25, -0.2) is 8.42 Å². The number of sulfonamides is 1. The molecule has 2 heterocycles. The molecule has 0 radical (unpaired) electrons. The summed E-state index contributed by atoms with van der Waals surface area (Å²) < 4.78 is 28.2. The number of amides is 1. The average Bonchev–Trinajstić information content (AvgIpc) is 3.39. The SMILES string of the molecule is Cc1ccc(S(=O)(=O)N2CCC[C@@H]2c2nnc(C(=O)Nc3ccc(Cl)cc3)s2)c(C)c1. The molecule has 0 spiro atoms. The molecule has 2 aromatic carbocycles. The molecule has 3 aromatic rings. The fraction of sp³-hybridized carbons (Fsp3) is 0.286. The molecule has 0 bridgehead atoms. The Kier molecular flexibility index (Phi) is 6.11. The van der Waals surface area contributed by atoms with Crippen molar-refractivity contribution in [2.75, 3.05) is 11.9 Å². The lowest BCUT2D eigenvalue weighted by Crippen LogP contribution is -2.31. The van der Waals surface area contributed by atoms with Gasteiger partial charge in [-0.05, 0) is 62.6 Å². The second-order valence-electron chi connectivity index (χ2n) is 7.45. The summed E-state index contributed by atoms with van der Waals surface area (Å²) in [5.41, 5.74) is 2.31. The molecule has 0 unspecified atom stereocenters. The Bertz CT molecular complexity index is 1230. The van der Waals surface area contributed by atoms with E-state index in [1.54, 1.807) is 43.3 Å². The van der Waals surface area contributed by atoms with E-state index in [0.717, 1.165) is 23.3 Å². The molecular weight excluding hydrogens is 456 g/mol. The Balaban J connectivity index is 1.56. The van der Waals surface area contributed by atoms with E-state index in [4.69, 9.17) is 11.6 Å². The maximum atomic E-state index is 13.4. The molecule has 1 amide bonds. The van der Waals surface area contributed by atoms with Crippen LogP contribution in [0.4, 0.5) is 5.69 Å². The Hall–Kier alpha value is -2.33. The smallest absolute Gasteiger partial charge is 0.286 e. The van der Waals surface area contributed by atoms with Gasteiger partial charge in [0.2, 0.25) is 15.0 Å². The minimum Gasteiger partial charge on any atom is -0.320 e. The minimum absolute atomic E-state index is 0.181. The molecule has 7 nitrogen and oxygen atoms in total. The fourth-order valence-corrected chi connectivity index (χ4v) is 6.62. The van der Waals surface area contributed by atoms with Crippen LogP contribution in [0.5, 0.6) is 0 Å². The van der Waals surface area contributed by atoms with Crippen molar-refractivity contribution in [3.05, 3.63) is 68.6 Å². The van der Waals surface area contributed by atoms with E-state index in [1.165, 1.54) is 4.31 Å². The van der Waals surface area contributed by atoms with E-state index >= 15 is 0 Å². The van der Waals surface area contributed by atoms with Crippen molar-refractivity contribution in [3.8, 4) is 0 Å². The first kappa shape index (κ1) is 21.9. The number of carbonyl (C=O) groups is 1. The van der Waals surface area contributed by atoms with E-state index in [0.29, 0.717) is 39.1 Å². The topological polar surface area (TPSA) is 92.3 Å². The van der Waals surface area contributed by atoms with Crippen LogP contribution >= 0.6 is 22.9 Å². The standard InChI is InChI=1S/C21H21ClN4O3S2/c1-13-5-10-18(14(2)12-13)31(28,29)26-11-3-4-17(26)20-24-25-21(30-20)19(27)23-16-8-6-15(22)7-9-16/h5-10,12,17H,3-4,11H2,1-2H3,(H,23,27)/t17-/m1/s1. The molecule has 31 heavy (non-hydrogen) atoms. The van der Waals surface area contributed by atoms with Crippen molar-refractivity contribution in [3.63, 3.8) is 0 Å². The van der Waals surface area contributed by atoms with Crippen molar-refractivity contribution in [2.45, 2.75) is 37.6 Å². The lowest BCUT2D eigenvalue weighted by Gasteiger charge is -2.23. The number of hydrogen-bond acceptors (Lipinski definition) is 6. The Morgan fingerprint density at radius 1 is 1.16 bits per heavy atom. The number of aromatic nitrogens is 2. The summed E-state index contributed by atoms with van der Waals surface area (Å²) in [6.45, 7) is 4.14. The van der Waals surface area contributed by atoms with Gasteiger partial charge in [0.15, 0.2) is 0 Å². The number of aryl methyl sites for hydroxylation is 2. The summed E-state index contributed by atoms with van der Waals surface area (Å²) in [7, 11) is -3.69. The van der Waals surface area contributed by atoms with Gasteiger partial charge in [0.05, 0.1) is 10.9 Å². The largest absolute Gasteiger partial charge is 0.320 e. The lowest BCUT2D eigenvalue weighted by molar-refractivity contribution is 0.102. The summed E-state index contributed by atoms with van der Waals surface area (Å²) in [6, 6.07) is 11.6. The van der Waals surface area contributed by atoms with Crippen LogP contribution in [0, 0.1) is 13.8 Å². The highest BCUT2D eigenvalue weighted by atomic mass is 35.5. The van der Waals surface area contributed by atoms with Crippen LogP contribution in [0.25, 0.3) is 0 Å². The van der Waals surface area contributed by atoms with Crippen LogP contribution in [-0.2, 0) is 10.0 Å². The van der Waals surface area contributed by atoms with E-state index in [9.17, 15) is 13.2 Å². The molecule has 1 N–H and O–H groups in total. The van der Waals surface area contributed by atoms with Crippen molar-refractivity contribution >= 4 is 44.6 Å². The third-order valence-electron chi connectivity index (χ3n) is 5.14. The Morgan fingerprint density at radius 3 is 2.61 bits per heavy atom. The monoisotopic (exact) mass is 476 g/mol. The quantitative estimate of drug-likeness (QED) is 0.581. The summed E-state index contributed by atoms with van der Waals surface area (Å²) in [5, 5.41) is 12.2. The zero-order valence-electron chi connectivity index (χ0n) is 17.0. The molecule has 1 aliphatic rings. The van der Waals surface area contributed by atoms with E-state index < -0.39 is 22.0 Å². The Morgan fingerprint density at radius 2 is 1.90 bits per heavy atom. The van der Waals surface area contributed by atoms with Gasteiger partial charge in [-0.1, -0.05) is 40.6 Å². The van der Waals surface area contributed by atoms with Gasteiger partial charge in [0, 0.05) is 17.3 Å². The number of benzene rings is 2. The van der Waals surface area contributed by atoms with Gasteiger partial charge in [-0.3, -0.25) is 4.79 Å². The van der Waals surface area contributed by atoms with E-state index in [1.807, 2.05) is 13.0 Å². The highest BCUT2D eigenvalue weighted by Gasteiger charge is 2.39. The summed E-state index contributed by atoms with van der Waals surface area (Å²) in [4.78, 5) is 12.8. The van der Waals surface area contributed by atoms with Gasteiger partial charge >= 0.3 is 0 Å². The molecule has 4 rings (SSSR count). The second-order valence-corrected chi connectivity index (χ2v) is 10.8. The van der Waals surface area contributed by atoms with Crippen LogP contribution < -0.4 is 5.32 Å². The first-order valence-corrected chi connectivity index (χ1v) is 12.4. The molecule has 162 valence electrons. The number of anilines is 1. The molecule has 0 saturated carbocycles. The molecular formula is C21H21ClN4O3S2. The van der Waals surface area contributed by atoms with Crippen LogP contribution in [-0.4, -0.2) is 35.4 Å². The first-order valence-electron chi connectivity index (χ1n) is 9.75. The number of halogens is 1. The predicted molar refractivity (Wildman–Crippen MR) is 121 cm³/mol. The molecule has 0 aliphatic carbocycles. The van der Waals surface area contributed by atoms with Gasteiger partial charge < -0.3 is 5.32 Å². The van der Waals surface area contributed by atoms with Gasteiger partial charge in [-0.2, -0.15) is 4.31 Å². The van der Waals surface area contributed by atoms with E-state index in [-0.39, 0.29) is 5.01 Å². The van der Waals surface area contributed by atoms with Crippen molar-refractivity contribution in [1.29, 1.82) is 0 Å². The number of nitrogens with zero attached hydrogens (tertiary/aromatic N) is 3. The lowest BCUT2D eigenvalue weighted by atomic mass is 10.2. The van der Waals surface area contributed by atoms with Crippen molar-refractivity contribution in [1.82, 2.24) is 14.5 Å². The third-order valence-corrected chi connectivity index (χ3v) is 8.49. The summed E-state index contributed by atoms with van der Waals surface area (Å²) in [6.07, 6.45) is 1.36.